The zero-order valence-corrected chi connectivity index (χ0v) is 16.1. The average Bonchev–Trinajstić information content (AvgIpc) is 2.89. The van der Waals surface area contributed by atoms with E-state index in [4.69, 9.17) is 21.1 Å². The first-order valence-corrected chi connectivity index (χ1v) is 10.1. The molecule has 2 aliphatic heterocycles. The van der Waals surface area contributed by atoms with E-state index >= 15 is 0 Å². The highest BCUT2D eigenvalue weighted by atomic mass is 35.5. The van der Waals surface area contributed by atoms with Gasteiger partial charge in [0.1, 0.15) is 10.5 Å². The monoisotopic (exact) mass is 411 g/mol. The number of nitrogens with one attached hydrogen (secondary N) is 1. The zero-order valence-electron chi connectivity index (χ0n) is 14.5. The van der Waals surface area contributed by atoms with Crippen LogP contribution in [-0.2, 0) is 4.74 Å². The SMILES string of the molecule is CSc1nc(O)c2c(OCOC(=O)N3C4CCC3CNC4)nc(Cl)cc2n1. The summed E-state index contributed by atoms with van der Waals surface area (Å²) in [6.07, 6.45) is 3.32. The van der Waals surface area contributed by atoms with Gasteiger partial charge in [-0.1, -0.05) is 23.4 Å². The zero-order chi connectivity index (χ0) is 19.0. The van der Waals surface area contributed by atoms with Crippen molar-refractivity contribution in [2.24, 2.45) is 0 Å². The molecule has 0 radical (unpaired) electrons. The van der Waals surface area contributed by atoms with Crippen LogP contribution in [0.4, 0.5) is 4.79 Å². The van der Waals surface area contributed by atoms with Gasteiger partial charge in [0.25, 0.3) is 0 Å². The Morgan fingerprint density at radius 1 is 1.37 bits per heavy atom. The highest BCUT2D eigenvalue weighted by Crippen LogP contribution is 2.33. The Morgan fingerprint density at radius 2 is 2.11 bits per heavy atom. The number of rotatable bonds is 4. The first kappa shape index (κ1) is 18.3. The number of carbonyl (C=O) groups is 1. The molecule has 4 heterocycles. The van der Waals surface area contributed by atoms with Crippen LogP contribution in [-0.4, -0.2) is 69.3 Å². The Morgan fingerprint density at radius 3 is 2.81 bits per heavy atom. The molecule has 0 aromatic carbocycles. The number of halogens is 1. The Bertz CT molecular complexity index is 869. The van der Waals surface area contributed by atoms with Gasteiger partial charge in [0.05, 0.1) is 5.52 Å². The van der Waals surface area contributed by atoms with E-state index in [1.807, 2.05) is 0 Å². The highest BCUT2D eigenvalue weighted by Gasteiger charge is 2.40. The molecule has 9 nitrogen and oxygen atoms in total. The summed E-state index contributed by atoms with van der Waals surface area (Å²) in [5.41, 5.74) is 0.397. The molecule has 27 heavy (non-hydrogen) atoms. The Hall–Kier alpha value is -2.04. The molecule has 2 fully saturated rings. The smallest absolute Gasteiger partial charge is 0.413 e. The van der Waals surface area contributed by atoms with Crippen LogP contribution in [0.2, 0.25) is 5.15 Å². The van der Waals surface area contributed by atoms with E-state index in [0.717, 1.165) is 25.9 Å². The van der Waals surface area contributed by atoms with Crippen LogP contribution < -0.4 is 10.1 Å². The van der Waals surface area contributed by atoms with E-state index in [0.29, 0.717) is 10.7 Å². The molecule has 4 rings (SSSR count). The molecule has 144 valence electrons. The maximum Gasteiger partial charge on any atom is 0.413 e. The maximum atomic E-state index is 12.4. The van der Waals surface area contributed by atoms with E-state index < -0.39 is 6.09 Å². The minimum Gasteiger partial charge on any atom is -0.493 e. The van der Waals surface area contributed by atoms with Crippen molar-refractivity contribution in [1.29, 1.82) is 0 Å². The molecule has 0 spiro atoms. The summed E-state index contributed by atoms with van der Waals surface area (Å²) in [5.74, 6) is -0.256. The molecule has 0 saturated carbocycles. The number of piperazine rings is 1. The van der Waals surface area contributed by atoms with Gasteiger partial charge in [-0.15, -0.1) is 0 Å². The average molecular weight is 412 g/mol. The molecule has 2 N–H and O–H groups in total. The van der Waals surface area contributed by atoms with E-state index in [9.17, 15) is 9.90 Å². The van der Waals surface area contributed by atoms with Crippen molar-refractivity contribution in [2.45, 2.75) is 30.1 Å². The van der Waals surface area contributed by atoms with Crippen LogP contribution in [0, 0.1) is 0 Å². The van der Waals surface area contributed by atoms with Crippen LogP contribution in [0.3, 0.4) is 0 Å². The molecule has 2 bridgehead atoms. The van der Waals surface area contributed by atoms with Crippen molar-refractivity contribution >= 4 is 40.4 Å². The van der Waals surface area contributed by atoms with Gasteiger partial charge in [-0.05, 0) is 19.1 Å². The lowest BCUT2D eigenvalue weighted by Crippen LogP contribution is -2.54. The van der Waals surface area contributed by atoms with Crippen molar-refractivity contribution < 1.29 is 19.4 Å². The fourth-order valence-corrected chi connectivity index (χ4v) is 4.08. The summed E-state index contributed by atoms with van der Waals surface area (Å²) >= 11 is 7.31. The summed E-state index contributed by atoms with van der Waals surface area (Å²) < 4.78 is 10.7. The second-order valence-electron chi connectivity index (χ2n) is 6.30. The number of amides is 1. The molecule has 2 saturated heterocycles. The number of carbonyl (C=O) groups excluding carboxylic acids is 1. The Labute approximate surface area is 164 Å². The Kier molecular flexibility index (Phi) is 5.11. The third-order valence-corrected chi connectivity index (χ3v) is 5.47. The van der Waals surface area contributed by atoms with E-state index in [2.05, 4.69) is 20.3 Å². The highest BCUT2D eigenvalue weighted by molar-refractivity contribution is 7.98. The number of hydrogen-bond donors (Lipinski definition) is 2. The van der Waals surface area contributed by atoms with E-state index in [-0.39, 0.29) is 41.2 Å². The molecule has 0 aliphatic carbocycles. The third kappa shape index (κ3) is 3.56. The van der Waals surface area contributed by atoms with Gasteiger partial charge in [0.15, 0.2) is 5.16 Å². The van der Waals surface area contributed by atoms with Gasteiger partial charge in [0, 0.05) is 31.2 Å². The summed E-state index contributed by atoms with van der Waals surface area (Å²) in [7, 11) is 0. The Balaban J connectivity index is 1.48. The molecule has 1 amide bonds. The van der Waals surface area contributed by atoms with Crippen molar-refractivity contribution in [3.05, 3.63) is 11.2 Å². The van der Waals surface area contributed by atoms with Crippen LogP contribution in [0.15, 0.2) is 11.2 Å². The largest absolute Gasteiger partial charge is 0.493 e. The maximum absolute atomic E-state index is 12.4. The first-order chi connectivity index (χ1) is 13.1. The van der Waals surface area contributed by atoms with Crippen molar-refractivity contribution in [3.8, 4) is 11.8 Å². The summed E-state index contributed by atoms with van der Waals surface area (Å²) in [4.78, 5) is 26.5. The summed E-state index contributed by atoms with van der Waals surface area (Å²) in [6.45, 7) is 1.19. The number of thioether (sulfide) groups is 1. The van der Waals surface area contributed by atoms with Crippen molar-refractivity contribution in [1.82, 2.24) is 25.2 Å². The molecule has 2 aromatic rings. The standard InChI is InChI=1S/C16H18ClN5O4S/c1-27-15-19-10-4-11(17)20-14(12(10)13(23)21-15)25-7-26-16(24)22-8-2-3-9(22)6-18-5-8/h4,8-9,18H,2-3,5-7H2,1H3,(H,19,21,23). The quantitative estimate of drug-likeness (QED) is 0.338. The molecular formula is C16H18ClN5O4S. The van der Waals surface area contributed by atoms with Crippen molar-refractivity contribution in [3.63, 3.8) is 0 Å². The normalized spacial score (nSPS) is 21.5. The second-order valence-corrected chi connectivity index (χ2v) is 7.46. The van der Waals surface area contributed by atoms with E-state index in [1.165, 1.54) is 17.8 Å². The van der Waals surface area contributed by atoms with Gasteiger partial charge < -0.3 is 19.9 Å². The molecule has 2 atom stereocenters. The molecule has 11 heteroatoms. The minimum absolute atomic E-state index is 0.0127. The lowest BCUT2D eigenvalue weighted by molar-refractivity contribution is 0.0196. The van der Waals surface area contributed by atoms with Crippen LogP contribution in [0.1, 0.15) is 12.8 Å². The lowest BCUT2D eigenvalue weighted by Gasteiger charge is -2.34. The topological polar surface area (TPSA) is 110 Å². The van der Waals surface area contributed by atoms with Gasteiger partial charge in [-0.3, -0.25) is 4.90 Å². The van der Waals surface area contributed by atoms with Gasteiger partial charge in [-0.2, -0.15) is 4.98 Å². The van der Waals surface area contributed by atoms with Crippen LogP contribution >= 0.6 is 23.4 Å². The number of aromatic nitrogens is 3. The van der Waals surface area contributed by atoms with Gasteiger partial charge >= 0.3 is 6.09 Å². The third-order valence-electron chi connectivity index (χ3n) is 4.73. The number of hydrogen-bond acceptors (Lipinski definition) is 9. The fraction of sp³-hybridized carbons (Fsp3) is 0.500. The first-order valence-electron chi connectivity index (χ1n) is 8.46. The molecule has 2 unspecified atom stereocenters. The number of ether oxygens (including phenoxy) is 2. The number of fused-ring (bicyclic) bond motifs is 3. The van der Waals surface area contributed by atoms with Gasteiger partial charge in [-0.25, -0.2) is 14.8 Å². The lowest BCUT2D eigenvalue weighted by atomic mass is 10.2. The predicted molar refractivity (Wildman–Crippen MR) is 99.3 cm³/mol. The molecule has 2 aliphatic rings. The van der Waals surface area contributed by atoms with Gasteiger partial charge in [0.2, 0.25) is 18.6 Å². The minimum atomic E-state index is -0.416. The predicted octanol–water partition coefficient (Wildman–Crippen LogP) is 2.01. The van der Waals surface area contributed by atoms with Crippen LogP contribution in [0.25, 0.3) is 10.9 Å². The fourth-order valence-electron chi connectivity index (χ4n) is 3.54. The van der Waals surface area contributed by atoms with Crippen molar-refractivity contribution in [2.75, 3.05) is 26.1 Å². The summed E-state index contributed by atoms with van der Waals surface area (Å²) in [5, 5.41) is 14.3. The summed E-state index contributed by atoms with van der Waals surface area (Å²) in [6, 6.07) is 1.82. The number of pyridine rings is 1. The second kappa shape index (κ2) is 7.53. The molecule has 2 aromatic heterocycles. The van der Waals surface area contributed by atoms with E-state index in [1.54, 1.807) is 11.2 Å². The number of nitrogens with zero attached hydrogens (tertiary/aromatic N) is 4. The number of aromatic hydroxyl groups is 1. The van der Waals surface area contributed by atoms with Crippen LogP contribution in [0.5, 0.6) is 11.8 Å². The molecular weight excluding hydrogens is 394 g/mol.